The number of halogens is 2. The second kappa shape index (κ2) is 8.05. The minimum absolute atomic E-state index is 0.880. The Hall–Kier alpha value is -0.500. The SMILES string of the molecule is Cc1c(Br)c(C)c(-c2nnc(NCCCN(C)C)s2)c(C)c1Br. The van der Waals surface area contributed by atoms with Crippen LogP contribution in [0.15, 0.2) is 8.95 Å². The van der Waals surface area contributed by atoms with E-state index in [0.29, 0.717) is 0 Å². The fourth-order valence-electron chi connectivity index (χ4n) is 2.47. The third kappa shape index (κ3) is 4.32. The number of nitrogens with one attached hydrogen (secondary N) is 1. The molecule has 2 aromatic rings. The lowest BCUT2D eigenvalue weighted by molar-refractivity contribution is 0.405. The van der Waals surface area contributed by atoms with Gasteiger partial charge in [-0.05, 0) is 64.5 Å². The van der Waals surface area contributed by atoms with Gasteiger partial charge in [0, 0.05) is 21.1 Å². The molecule has 4 nitrogen and oxygen atoms in total. The van der Waals surface area contributed by atoms with Crippen LogP contribution in [0.5, 0.6) is 0 Å². The van der Waals surface area contributed by atoms with Gasteiger partial charge in [-0.1, -0.05) is 43.2 Å². The van der Waals surface area contributed by atoms with Crippen LogP contribution >= 0.6 is 43.2 Å². The van der Waals surface area contributed by atoms with Crippen molar-refractivity contribution in [3.8, 4) is 10.6 Å². The Kier molecular flexibility index (Phi) is 6.59. The van der Waals surface area contributed by atoms with Gasteiger partial charge in [0.15, 0.2) is 0 Å². The molecule has 0 aliphatic heterocycles. The van der Waals surface area contributed by atoms with Gasteiger partial charge in [-0.25, -0.2) is 0 Å². The first-order valence-corrected chi connectivity index (χ1v) is 9.90. The van der Waals surface area contributed by atoms with Gasteiger partial charge in [-0.15, -0.1) is 10.2 Å². The lowest BCUT2D eigenvalue weighted by Gasteiger charge is -2.14. The van der Waals surface area contributed by atoms with E-state index in [2.05, 4.69) is 87.1 Å². The molecule has 0 saturated heterocycles. The van der Waals surface area contributed by atoms with E-state index in [1.807, 2.05) is 0 Å². The van der Waals surface area contributed by atoms with E-state index in [1.54, 1.807) is 11.3 Å². The lowest BCUT2D eigenvalue weighted by Crippen LogP contribution is -2.16. The highest BCUT2D eigenvalue weighted by Crippen LogP contribution is 2.41. The number of nitrogens with zero attached hydrogens (tertiary/aromatic N) is 3. The Morgan fingerprint density at radius 2 is 1.61 bits per heavy atom. The molecule has 0 amide bonds. The summed E-state index contributed by atoms with van der Waals surface area (Å²) in [6, 6.07) is 0. The number of benzene rings is 1. The normalized spacial score (nSPS) is 11.3. The zero-order valence-electron chi connectivity index (χ0n) is 14.1. The summed E-state index contributed by atoms with van der Waals surface area (Å²) in [6.07, 6.45) is 1.08. The summed E-state index contributed by atoms with van der Waals surface area (Å²) in [4.78, 5) is 2.18. The van der Waals surface area contributed by atoms with Gasteiger partial charge in [0.25, 0.3) is 0 Å². The standard InChI is InChI=1S/C16H22Br2N4S/c1-9-12(10(2)14(18)11(3)13(9)17)15-20-21-16(23-15)19-7-6-8-22(4)5/h6-8H2,1-5H3,(H,19,21). The second-order valence-corrected chi connectivity index (χ2v) is 8.44. The van der Waals surface area contributed by atoms with Gasteiger partial charge >= 0.3 is 0 Å². The van der Waals surface area contributed by atoms with E-state index in [9.17, 15) is 0 Å². The molecule has 0 bridgehead atoms. The minimum Gasteiger partial charge on any atom is -0.360 e. The molecule has 126 valence electrons. The molecule has 2 rings (SSSR count). The van der Waals surface area contributed by atoms with Gasteiger partial charge in [0.1, 0.15) is 5.01 Å². The van der Waals surface area contributed by atoms with Crippen LogP contribution in [0.2, 0.25) is 0 Å². The molecule has 1 aromatic carbocycles. The van der Waals surface area contributed by atoms with Gasteiger partial charge < -0.3 is 10.2 Å². The molecule has 23 heavy (non-hydrogen) atoms. The highest BCUT2D eigenvalue weighted by Gasteiger charge is 2.18. The summed E-state index contributed by atoms with van der Waals surface area (Å²) in [6.45, 7) is 8.32. The maximum absolute atomic E-state index is 4.39. The molecule has 0 fully saturated rings. The van der Waals surface area contributed by atoms with Crippen molar-refractivity contribution in [3.63, 3.8) is 0 Å². The van der Waals surface area contributed by atoms with Crippen LogP contribution in [0.1, 0.15) is 23.1 Å². The summed E-state index contributed by atoms with van der Waals surface area (Å²) < 4.78 is 2.25. The summed E-state index contributed by atoms with van der Waals surface area (Å²) in [5, 5.41) is 13.9. The van der Waals surface area contributed by atoms with Crippen LogP contribution in [0.4, 0.5) is 5.13 Å². The predicted molar refractivity (Wildman–Crippen MR) is 107 cm³/mol. The van der Waals surface area contributed by atoms with Crippen LogP contribution in [-0.2, 0) is 0 Å². The third-order valence-corrected chi connectivity index (χ3v) is 7.04. The molecule has 1 N–H and O–H groups in total. The van der Waals surface area contributed by atoms with E-state index < -0.39 is 0 Å². The van der Waals surface area contributed by atoms with Crippen molar-refractivity contribution in [2.45, 2.75) is 27.2 Å². The van der Waals surface area contributed by atoms with Crippen molar-refractivity contribution in [2.24, 2.45) is 0 Å². The van der Waals surface area contributed by atoms with Gasteiger partial charge in [-0.2, -0.15) is 0 Å². The van der Waals surface area contributed by atoms with Crippen LogP contribution in [0.3, 0.4) is 0 Å². The van der Waals surface area contributed by atoms with Crippen molar-refractivity contribution in [2.75, 3.05) is 32.5 Å². The molecule has 0 unspecified atom stereocenters. The number of hydrogen-bond donors (Lipinski definition) is 1. The highest BCUT2D eigenvalue weighted by atomic mass is 79.9. The van der Waals surface area contributed by atoms with Gasteiger partial charge in [0.2, 0.25) is 5.13 Å². The zero-order valence-corrected chi connectivity index (χ0v) is 18.1. The Morgan fingerprint density at radius 1 is 1.00 bits per heavy atom. The first-order valence-electron chi connectivity index (χ1n) is 7.50. The maximum Gasteiger partial charge on any atom is 0.206 e. The number of rotatable bonds is 6. The fraction of sp³-hybridized carbons (Fsp3) is 0.500. The van der Waals surface area contributed by atoms with Crippen molar-refractivity contribution in [1.82, 2.24) is 15.1 Å². The third-order valence-electron chi connectivity index (χ3n) is 3.76. The molecular formula is C16H22Br2N4S. The quantitative estimate of drug-likeness (QED) is 0.613. The average Bonchev–Trinajstić information content (AvgIpc) is 2.96. The van der Waals surface area contributed by atoms with Crippen molar-refractivity contribution < 1.29 is 0 Å². The summed E-state index contributed by atoms with van der Waals surface area (Å²) in [5.74, 6) is 0. The molecule has 0 radical (unpaired) electrons. The molecule has 1 aromatic heterocycles. The number of anilines is 1. The van der Waals surface area contributed by atoms with E-state index in [4.69, 9.17) is 0 Å². The Bertz CT molecular complexity index is 669. The van der Waals surface area contributed by atoms with Crippen molar-refractivity contribution in [3.05, 3.63) is 25.6 Å². The van der Waals surface area contributed by atoms with Crippen LogP contribution < -0.4 is 5.32 Å². The van der Waals surface area contributed by atoms with E-state index in [0.717, 1.165) is 44.2 Å². The van der Waals surface area contributed by atoms with E-state index in [-0.39, 0.29) is 0 Å². The van der Waals surface area contributed by atoms with E-state index in [1.165, 1.54) is 16.7 Å². The second-order valence-electron chi connectivity index (χ2n) is 5.87. The van der Waals surface area contributed by atoms with Gasteiger partial charge in [-0.3, -0.25) is 0 Å². The monoisotopic (exact) mass is 460 g/mol. The summed E-state index contributed by atoms with van der Waals surface area (Å²) in [7, 11) is 4.17. The van der Waals surface area contributed by atoms with Gasteiger partial charge in [0.05, 0.1) is 0 Å². The smallest absolute Gasteiger partial charge is 0.206 e. The molecule has 0 aliphatic rings. The summed E-state index contributed by atoms with van der Waals surface area (Å²) in [5.41, 5.74) is 4.79. The average molecular weight is 462 g/mol. The molecule has 0 saturated carbocycles. The Morgan fingerprint density at radius 3 is 2.17 bits per heavy atom. The lowest BCUT2D eigenvalue weighted by atomic mass is 10.0. The number of hydrogen-bond acceptors (Lipinski definition) is 5. The van der Waals surface area contributed by atoms with E-state index >= 15 is 0 Å². The molecule has 7 heteroatoms. The largest absolute Gasteiger partial charge is 0.360 e. The van der Waals surface area contributed by atoms with Crippen molar-refractivity contribution in [1.29, 1.82) is 0 Å². The predicted octanol–water partition coefficient (Wildman–Crippen LogP) is 5.02. The molecule has 0 atom stereocenters. The zero-order chi connectivity index (χ0) is 17.1. The molecule has 0 aliphatic carbocycles. The number of aromatic nitrogens is 2. The Balaban J connectivity index is 2.21. The highest BCUT2D eigenvalue weighted by molar-refractivity contribution is 9.11. The first-order chi connectivity index (χ1) is 10.8. The minimum atomic E-state index is 0.880. The maximum atomic E-state index is 4.39. The molecule has 1 heterocycles. The van der Waals surface area contributed by atoms with Crippen molar-refractivity contribution >= 4 is 48.3 Å². The molecule has 0 spiro atoms. The first kappa shape index (κ1) is 18.8. The molecular weight excluding hydrogens is 440 g/mol. The van der Waals surface area contributed by atoms with Crippen LogP contribution in [-0.4, -0.2) is 42.3 Å². The topological polar surface area (TPSA) is 41.1 Å². The fourth-order valence-corrected chi connectivity index (χ4v) is 4.45. The Labute approximate surface area is 159 Å². The van der Waals surface area contributed by atoms with Crippen LogP contribution in [0.25, 0.3) is 10.6 Å². The van der Waals surface area contributed by atoms with Crippen LogP contribution in [0, 0.1) is 20.8 Å². The summed E-state index contributed by atoms with van der Waals surface area (Å²) >= 11 is 8.99.